The number of ether oxygens (including phenoxy) is 1. The molecular weight excluding hydrogens is 302 g/mol. The molecule has 1 heterocycles. The molecule has 1 aromatic carbocycles. The van der Waals surface area contributed by atoms with Crippen LogP contribution in [-0.4, -0.2) is 29.6 Å². The summed E-state index contributed by atoms with van der Waals surface area (Å²) in [5, 5.41) is 2.88. The quantitative estimate of drug-likeness (QED) is 0.807. The van der Waals surface area contributed by atoms with Crippen LogP contribution >= 0.6 is 0 Å². The van der Waals surface area contributed by atoms with Gasteiger partial charge in [0.15, 0.2) is 0 Å². The number of carbonyl (C=O) groups is 1. The minimum Gasteiger partial charge on any atom is -0.489 e. The Hall–Kier alpha value is -2.82. The van der Waals surface area contributed by atoms with Gasteiger partial charge in [0.25, 0.3) is 0 Å². The molecule has 0 aliphatic carbocycles. The van der Waals surface area contributed by atoms with E-state index in [9.17, 15) is 4.79 Å². The van der Waals surface area contributed by atoms with Crippen LogP contribution in [0.15, 0.2) is 60.9 Å². The fraction of sp³-hybridized carbons (Fsp3) is 0.263. The number of aromatic nitrogens is 1. The molecule has 0 unspecified atom stereocenters. The lowest BCUT2D eigenvalue weighted by Gasteiger charge is -2.25. The van der Waals surface area contributed by atoms with Crippen molar-refractivity contribution in [2.24, 2.45) is 0 Å². The van der Waals surface area contributed by atoms with Crippen LogP contribution < -0.4 is 10.1 Å². The van der Waals surface area contributed by atoms with E-state index in [1.807, 2.05) is 44.2 Å². The van der Waals surface area contributed by atoms with Gasteiger partial charge in [0.05, 0.1) is 6.04 Å². The first kappa shape index (κ1) is 17.5. The molecule has 0 aliphatic heterocycles. The summed E-state index contributed by atoms with van der Waals surface area (Å²) in [6.45, 7) is 8.12. The summed E-state index contributed by atoms with van der Waals surface area (Å²) in [5.74, 6) is 0.693. The molecule has 0 radical (unpaired) electrons. The molecule has 5 nitrogen and oxygen atoms in total. The zero-order valence-electron chi connectivity index (χ0n) is 14.3. The Morgan fingerprint density at radius 1 is 1.38 bits per heavy atom. The Morgan fingerprint density at radius 3 is 2.83 bits per heavy atom. The maximum Gasteiger partial charge on any atom is 0.322 e. The van der Waals surface area contributed by atoms with Gasteiger partial charge in [0.2, 0.25) is 0 Å². The summed E-state index contributed by atoms with van der Waals surface area (Å²) in [7, 11) is 1.76. The van der Waals surface area contributed by atoms with E-state index in [2.05, 4.69) is 16.9 Å². The van der Waals surface area contributed by atoms with Crippen molar-refractivity contribution in [2.45, 2.75) is 19.9 Å². The lowest BCUT2D eigenvalue weighted by molar-refractivity contribution is 0.208. The smallest absolute Gasteiger partial charge is 0.322 e. The Bertz CT molecular complexity index is 701. The number of benzene rings is 1. The van der Waals surface area contributed by atoms with Crippen LogP contribution in [0.3, 0.4) is 0 Å². The first-order valence-corrected chi connectivity index (χ1v) is 7.78. The third-order valence-electron chi connectivity index (χ3n) is 3.64. The normalized spacial score (nSPS) is 11.5. The first-order valence-electron chi connectivity index (χ1n) is 7.78. The number of rotatable bonds is 6. The van der Waals surface area contributed by atoms with Crippen molar-refractivity contribution >= 4 is 11.7 Å². The molecule has 0 fully saturated rings. The molecule has 2 amide bonds. The first-order chi connectivity index (χ1) is 11.5. The molecule has 1 atom stereocenters. The van der Waals surface area contributed by atoms with Gasteiger partial charge in [0, 0.05) is 31.2 Å². The molecule has 2 rings (SSSR count). The molecule has 0 saturated heterocycles. The van der Waals surface area contributed by atoms with Gasteiger partial charge in [-0.05, 0) is 43.2 Å². The lowest BCUT2D eigenvalue weighted by atomic mass is 10.1. The monoisotopic (exact) mass is 325 g/mol. The number of carbonyl (C=O) groups excluding carboxylic acids is 1. The predicted molar refractivity (Wildman–Crippen MR) is 96.2 cm³/mol. The third kappa shape index (κ3) is 4.84. The number of nitrogens with zero attached hydrogens (tertiary/aromatic N) is 2. The van der Waals surface area contributed by atoms with E-state index in [4.69, 9.17) is 4.74 Å². The van der Waals surface area contributed by atoms with Gasteiger partial charge in [-0.25, -0.2) is 4.79 Å². The van der Waals surface area contributed by atoms with Crippen LogP contribution in [0, 0.1) is 0 Å². The number of pyridine rings is 1. The maximum atomic E-state index is 12.4. The molecule has 2 aromatic rings. The Morgan fingerprint density at radius 2 is 2.17 bits per heavy atom. The molecule has 1 aromatic heterocycles. The van der Waals surface area contributed by atoms with E-state index in [1.165, 1.54) is 0 Å². The molecule has 126 valence electrons. The van der Waals surface area contributed by atoms with E-state index < -0.39 is 0 Å². The summed E-state index contributed by atoms with van der Waals surface area (Å²) < 4.78 is 5.59. The maximum absolute atomic E-state index is 12.4. The largest absolute Gasteiger partial charge is 0.489 e. The number of nitrogens with one attached hydrogen (secondary N) is 1. The minimum absolute atomic E-state index is 0.0819. The standard InChI is InChI=1S/C19H23N3O2/c1-14(2)13-24-18-9-5-8-17(11-18)21-19(23)22(4)15(3)16-7-6-10-20-12-16/h5-12,15H,1,13H2,2-4H3,(H,21,23)/t15-/m0/s1. The van der Waals surface area contributed by atoms with Gasteiger partial charge in [0.1, 0.15) is 12.4 Å². The molecular formula is C19H23N3O2. The highest BCUT2D eigenvalue weighted by atomic mass is 16.5. The summed E-state index contributed by atoms with van der Waals surface area (Å²) >= 11 is 0. The fourth-order valence-corrected chi connectivity index (χ4v) is 2.10. The van der Waals surface area contributed by atoms with Crippen molar-refractivity contribution in [1.29, 1.82) is 0 Å². The van der Waals surface area contributed by atoms with Crippen LogP contribution in [0.1, 0.15) is 25.5 Å². The molecule has 1 N–H and O–H groups in total. The fourth-order valence-electron chi connectivity index (χ4n) is 2.10. The summed E-state index contributed by atoms with van der Waals surface area (Å²) in [6, 6.07) is 10.9. The van der Waals surface area contributed by atoms with Crippen LogP contribution in [0.5, 0.6) is 5.75 Å². The van der Waals surface area contributed by atoms with E-state index in [0.29, 0.717) is 18.0 Å². The van der Waals surface area contributed by atoms with Gasteiger partial charge < -0.3 is 15.0 Å². The number of hydrogen-bond acceptors (Lipinski definition) is 3. The number of anilines is 1. The average Bonchev–Trinajstić information content (AvgIpc) is 2.59. The average molecular weight is 325 g/mol. The lowest BCUT2D eigenvalue weighted by Crippen LogP contribution is -2.33. The highest BCUT2D eigenvalue weighted by Gasteiger charge is 2.17. The van der Waals surface area contributed by atoms with Gasteiger partial charge in [-0.3, -0.25) is 4.98 Å². The van der Waals surface area contributed by atoms with Gasteiger partial charge in [-0.15, -0.1) is 0 Å². The Labute approximate surface area is 143 Å². The summed E-state index contributed by atoms with van der Waals surface area (Å²) in [5.41, 5.74) is 2.60. The third-order valence-corrected chi connectivity index (χ3v) is 3.64. The Kier molecular flexibility index (Phi) is 5.95. The van der Waals surface area contributed by atoms with Gasteiger partial charge in [-0.1, -0.05) is 18.7 Å². The van der Waals surface area contributed by atoms with Crippen LogP contribution in [0.25, 0.3) is 0 Å². The second-order valence-electron chi connectivity index (χ2n) is 5.78. The molecule has 0 spiro atoms. The van der Waals surface area contributed by atoms with Crippen molar-refractivity contribution in [2.75, 3.05) is 19.0 Å². The number of hydrogen-bond donors (Lipinski definition) is 1. The van der Waals surface area contributed by atoms with E-state index in [1.54, 1.807) is 30.4 Å². The summed E-state index contributed by atoms with van der Waals surface area (Å²) in [6.07, 6.45) is 3.48. The highest BCUT2D eigenvalue weighted by Crippen LogP contribution is 2.21. The second-order valence-corrected chi connectivity index (χ2v) is 5.78. The summed E-state index contributed by atoms with van der Waals surface area (Å²) in [4.78, 5) is 18.2. The van der Waals surface area contributed by atoms with Crippen molar-refractivity contribution in [3.8, 4) is 5.75 Å². The Balaban J connectivity index is 2.01. The number of amides is 2. The predicted octanol–water partition coefficient (Wildman–Crippen LogP) is 4.26. The topological polar surface area (TPSA) is 54.5 Å². The van der Waals surface area contributed by atoms with E-state index in [0.717, 1.165) is 11.1 Å². The molecule has 0 saturated carbocycles. The van der Waals surface area contributed by atoms with Crippen molar-refractivity contribution in [1.82, 2.24) is 9.88 Å². The van der Waals surface area contributed by atoms with Crippen molar-refractivity contribution in [3.05, 3.63) is 66.5 Å². The second kappa shape index (κ2) is 8.15. The van der Waals surface area contributed by atoms with Crippen molar-refractivity contribution in [3.63, 3.8) is 0 Å². The molecule has 0 bridgehead atoms. The zero-order chi connectivity index (χ0) is 17.5. The molecule has 24 heavy (non-hydrogen) atoms. The highest BCUT2D eigenvalue weighted by molar-refractivity contribution is 5.89. The molecule has 5 heteroatoms. The van der Waals surface area contributed by atoms with Crippen LogP contribution in [-0.2, 0) is 0 Å². The van der Waals surface area contributed by atoms with E-state index in [-0.39, 0.29) is 12.1 Å². The minimum atomic E-state index is -0.191. The van der Waals surface area contributed by atoms with Crippen LogP contribution in [0.2, 0.25) is 0 Å². The van der Waals surface area contributed by atoms with Crippen LogP contribution in [0.4, 0.5) is 10.5 Å². The SMILES string of the molecule is C=C(C)COc1cccc(NC(=O)N(C)[C@@H](C)c2cccnc2)c1. The van der Waals surface area contributed by atoms with E-state index >= 15 is 0 Å². The van der Waals surface area contributed by atoms with Gasteiger partial charge in [-0.2, -0.15) is 0 Å². The van der Waals surface area contributed by atoms with Gasteiger partial charge >= 0.3 is 6.03 Å². The molecule has 0 aliphatic rings. The number of urea groups is 1. The zero-order valence-corrected chi connectivity index (χ0v) is 14.3. The van der Waals surface area contributed by atoms with Crippen molar-refractivity contribution < 1.29 is 9.53 Å².